The number of aromatic nitrogens is 4. The number of rotatable bonds is 8. The van der Waals surface area contributed by atoms with Crippen LogP contribution in [0.2, 0.25) is 0 Å². The van der Waals surface area contributed by atoms with Crippen molar-refractivity contribution in [3.8, 4) is 27.6 Å². The molecule has 12 heteroatoms. The van der Waals surface area contributed by atoms with Gasteiger partial charge in [-0.15, -0.1) is 21.5 Å². The highest BCUT2D eigenvalue weighted by Gasteiger charge is 2.45. The van der Waals surface area contributed by atoms with E-state index in [2.05, 4.69) is 21.6 Å². The van der Waals surface area contributed by atoms with Gasteiger partial charge < -0.3 is 19.4 Å². The van der Waals surface area contributed by atoms with E-state index in [1.165, 1.54) is 25.3 Å². The molecule has 2 aliphatic heterocycles. The van der Waals surface area contributed by atoms with E-state index in [1.807, 2.05) is 17.0 Å². The second kappa shape index (κ2) is 12.0. The van der Waals surface area contributed by atoms with Gasteiger partial charge in [0.15, 0.2) is 11.6 Å². The van der Waals surface area contributed by atoms with Gasteiger partial charge in [0, 0.05) is 45.8 Å². The number of fused-ring (bicyclic) bond motifs is 5. The molecule has 6 heterocycles. The third-order valence-corrected chi connectivity index (χ3v) is 11.3. The summed E-state index contributed by atoms with van der Waals surface area (Å²) in [5.74, 6) is 1.03. The van der Waals surface area contributed by atoms with E-state index < -0.39 is 0 Å². The molecular formula is C38H32F2N6O3S. The van der Waals surface area contributed by atoms with Gasteiger partial charge in [0.2, 0.25) is 11.8 Å². The first-order valence-corrected chi connectivity index (χ1v) is 17.6. The van der Waals surface area contributed by atoms with Gasteiger partial charge in [-0.1, -0.05) is 18.2 Å². The smallest absolute Gasteiger partial charge is 0.257 e. The van der Waals surface area contributed by atoms with E-state index in [1.54, 1.807) is 36.6 Å². The molecule has 4 aromatic heterocycles. The van der Waals surface area contributed by atoms with Crippen molar-refractivity contribution >= 4 is 33.1 Å². The van der Waals surface area contributed by atoms with E-state index >= 15 is 0 Å². The Morgan fingerprint density at radius 2 is 1.90 bits per heavy atom. The number of aryl methyl sites for hydroxylation is 3. The topological polar surface area (TPSA) is 106 Å². The van der Waals surface area contributed by atoms with Gasteiger partial charge in [-0.3, -0.25) is 9.78 Å². The van der Waals surface area contributed by atoms with Crippen LogP contribution in [0.25, 0.3) is 32.0 Å². The molecule has 0 saturated carbocycles. The van der Waals surface area contributed by atoms with Crippen molar-refractivity contribution in [2.24, 2.45) is 0 Å². The standard InChI is InChI=1S/C38H32F2N6O3S/c1-19-44-45-37(49-19)31-27(13-7-20-5-8-21(39)9-6-20)42-34-28-4-3-17-46(28)38(47)33(34)32(31)30-18-24-29(50-30)15-16-41-36(24)43-26-14-11-23-22(26)10-12-25(40)35(23)48-2/h5-6,8-10,12,15-16,18,26,28H,3-4,7,11,13-14,17H2,1-2H3,(H,41,43)/t26-,28?/m0/s1. The Balaban J connectivity index is 1.20. The summed E-state index contributed by atoms with van der Waals surface area (Å²) in [5, 5.41) is 13.1. The van der Waals surface area contributed by atoms with Gasteiger partial charge >= 0.3 is 0 Å². The second-order valence-corrected chi connectivity index (χ2v) is 14.1. The van der Waals surface area contributed by atoms with Crippen LogP contribution in [0.1, 0.15) is 75.7 Å². The van der Waals surface area contributed by atoms with Crippen molar-refractivity contribution in [3.63, 3.8) is 0 Å². The molecule has 2 aromatic carbocycles. The van der Waals surface area contributed by atoms with Crippen LogP contribution in [0, 0.1) is 18.6 Å². The molecule has 3 aliphatic rings. The van der Waals surface area contributed by atoms with Crippen LogP contribution in [0.4, 0.5) is 14.6 Å². The average Bonchev–Trinajstić information content (AvgIpc) is 3.96. The van der Waals surface area contributed by atoms with Crippen molar-refractivity contribution in [3.05, 3.63) is 106 Å². The van der Waals surface area contributed by atoms with Crippen molar-refractivity contribution in [2.75, 3.05) is 19.0 Å². The molecule has 1 aliphatic carbocycles. The number of thiophene rings is 1. The third kappa shape index (κ3) is 4.95. The predicted octanol–water partition coefficient (Wildman–Crippen LogP) is 8.18. The molecule has 1 saturated heterocycles. The largest absolute Gasteiger partial charge is 0.493 e. The van der Waals surface area contributed by atoms with Crippen LogP contribution in [-0.2, 0) is 19.3 Å². The van der Waals surface area contributed by atoms with E-state index in [-0.39, 0.29) is 29.6 Å². The van der Waals surface area contributed by atoms with Gasteiger partial charge in [-0.25, -0.2) is 13.8 Å². The summed E-state index contributed by atoms with van der Waals surface area (Å²) >= 11 is 1.57. The molecule has 6 aromatic rings. The Morgan fingerprint density at radius 1 is 1.04 bits per heavy atom. The first kappa shape index (κ1) is 30.8. The number of benzene rings is 2. The Bertz CT molecular complexity index is 2320. The number of halogens is 2. The van der Waals surface area contributed by atoms with E-state index in [0.29, 0.717) is 60.3 Å². The second-order valence-electron chi connectivity index (χ2n) is 13.0. The van der Waals surface area contributed by atoms with E-state index in [9.17, 15) is 13.6 Å². The van der Waals surface area contributed by atoms with Gasteiger partial charge in [0.25, 0.3) is 5.91 Å². The zero-order valence-electron chi connectivity index (χ0n) is 27.4. The first-order valence-electron chi connectivity index (χ1n) is 16.8. The van der Waals surface area contributed by atoms with Crippen molar-refractivity contribution in [2.45, 2.75) is 57.5 Å². The van der Waals surface area contributed by atoms with E-state index in [0.717, 1.165) is 67.9 Å². The Morgan fingerprint density at radius 3 is 2.70 bits per heavy atom. The van der Waals surface area contributed by atoms with Gasteiger partial charge in [-0.2, -0.15) is 0 Å². The van der Waals surface area contributed by atoms with Crippen LogP contribution in [-0.4, -0.2) is 44.6 Å². The number of amides is 1. The Kier molecular flexibility index (Phi) is 7.38. The molecule has 0 spiro atoms. The minimum atomic E-state index is -0.362. The fourth-order valence-corrected chi connectivity index (χ4v) is 9.01. The highest BCUT2D eigenvalue weighted by molar-refractivity contribution is 7.22. The first-order chi connectivity index (χ1) is 24.4. The number of carbonyl (C=O) groups is 1. The molecule has 1 fully saturated rings. The number of pyridine rings is 2. The fraction of sp³-hybridized carbons (Fsp3) is 0.289. The van der Waals surface area contributed by atoms with Crippen LogP contribution in [0.3, 0.4) is 0 Å². The van der Waals surface area contributed by atoms with Crippen LogP contribution in [0.15, 0.2) is 59.1 Å². The van der Waals surface area contributed by atoms with Gasteiger partial charge in [0.1, 0.15) is 11.6 Å². The maximum absolute atomic E-state index is 14.5. The summed E-state index contributed by atoms with van der Waals surface area (Å²) in [6, 6.07) is 13.7. The predicted molar refractivity (Wildman–Crippen MR) is 185 cm³/mol. The molecular weight excluding hydrogens is 659 g/mol. The highest BCUT2D eigenvalue weighted by atomic mass is 32.1. The molecule has 252 valence electrons. The molecule has 1 unspecified atom stereocenters. The molecule has 0 radical (unpaired) electrons. The summed E-state index contributed by atoms with van der Waals surface area (Å²) < 4.78 is 40.7. The fourth-order valence-electron chi connectivity index (χ4n) is 7.90. The summed E-state index contributed by atoms with van der Waals surface area (Å²) in [7, 11) is 1.50. The third-order valence-electron chi connectivity index (χ3n) is 10.2. The number of ether oxygens (including phenoxy) is 1. The number of hydrogen-bond donors (Lipinski definition) is 1. The summed E-state index contributed by atoms with van der Waals surface area (Å²) in [6.07, 6.45) is 6.14. The molecule has 9 rings (SSSR count). The Hall–Kier alpha value is -5.23. The number of methoxy groups -OCH3 is 1. The minimum Gasteiger partial charge on any atom is -0.493 e. The van der Waals surface area contributed by atoms with Crippen LogP contribution < -0.4 is 10.1 Å². The summed E-state index contributed by atoms with van der Waals surface area (Å²) in [4.78, 5) is 27.0. The lowest BCUT2D eigenvalue weighted by molar-refractivity contribution is 0.0776. The van der Waals surface area contributed by atoms with Crippen LogP contribution >= 0.6 is 11.3 Å². The number of anilines is 1. The molecule has 1 amide bonds. The lowest BCUT2D eigenvalue weighted by atomic mass is 9.93. The molecule has 1 N–H and O–H groups in total. The Labute approximate surface area is 290 Å². The van der Waals surface area contributed by atoms with Gasteiger partial charge in [0.05, 0.1) is 41.7 Å². The summed E-state index contributed by atoms with van der Waals surface area (Å²) in [5.41, 5.74) is 6.36. The quantitative estimate of drug-likeness (QED) is 0.171. The highest BCUT2D eigenvalue weighted by Crippen LogP contribution is 2.50. The molecule has 0 bridgehead atoms. The SMILES string of the molecule is COc1c(F)ccc2c1CC[C@@H]2Nc1nccc2sc(-c3c4c(nc(CCc5ccc(F)cc5)c3-c3nnc(C)o3)C3CCCN3C4=O)cc12. The van der Waals surface area contributed by atoms with Crippen molar-refractivity contribution in [1.82, 2.24) is 25.1 Å². The molecule has 50 heavy (non-hydrogen) atoms. The zero-order valence-corrected chi connectivity index (χ0v) is 28.2. The lowest BCUT2D eigenvalue weighted by Crippen LogP contribution is -2.22. The van der Waals surface area contributed by atoms with Crippen molar-refractivity contribution in [1.29, 1.82) is 0 Å². The number of nitrogens with one attached hydrogen (secondary N) is 1. The van der Waals surface area contributed by atoms with Crippen molar-refractivity contribution < 1.29 is 22.7 Å². The number of hydrogen-bond acceptors (Lipinski definition) is 9. The monoisotopic (exact) mass is 690 g/mol. The average molecular weight is 691 g/mol. The number of nitrogens with zero attached hydrogens (tertiary/aromatic N) is 5. The summed E-state index contributed by atoms with van der Waals surface area (Å²) in [6.45, 7) is 2.42. The molecule has 9 nitrogen and oxygen atoms in total. The van der Waals surface area contributed by atoms with E-state index in [4.69, 9.17) is 19.1 Å². The zero-order chi connectivity index (χ0) is 34.1. The maximum atomic E-state index is 14.5. The normalized spacial score (nSPS) is 17.8. The van der Waals surface area contributed by atoms with Crippen LogP contribution in [0.5, 0.6) is 5.75 Å². The lowest BCUT2D eigenvalue weighted by Gasteiger charge is -2.16. The number of carbonyl (C=O) groups excluding carboxylic acids is 1. The minimum absolute atomic E-state index is 0.0368. The van der Waals surface area contributed by atoms with Gasteiger partial charge in [-0.05, 0) is 80.0 Å². The molecule has 2 atom stereocenters. The maximum Gasteiger partial charge on any atom is 0.257 e.